The average Bonchev–Trinajstić information content (AvgIpc) is 3.26. The van der Waals surface area contributed by atoms with Gasteiger partial charge < -0.3 is 23.9 Å². The Morgan fingerprint density at radius 3 is 2.72 bits per heavy atom. The quantitative estimate of drug-likeness (QED) is 0.673. The van der Waals surface area contributed by atoms with E-state index in [0.29, 0.717) is 25.4 Å². The van der Waals surface area contributed by atoms with Crippen LogP contribution in [-0.2, 0) is 16.1 Å². The van der Waals surface area contributed by atoms with E-state index in [1.807, 2.05) is 6.07 Å². The molecule has 2 rings (SSSR count). The highest BCUT2D eigenvalue weighted by atomic mass is 16.5. The van der Waals surface area contributed by atoms with Gasteiger partial charge in [-0.15, -0.1) is 6.58 Å². The van der Waals surface area contributed by atoms with E-state index in [9.17, 15) is 9.59 Å². The van der Waals surface area contributed by atoms with Crippen LogP contribution < -0.4 is 0 Å². The first-order valence-electron chi connectivity index (χ1n) is 8.50. The summed E-state index contributed by atoms with van der Waals surface area (Å²) in [5.74, 6) is 0.574. The second-order valence-electron chi connectivity index (χ2n) is 6.33. The van der Waals surface area contributed by atoms with Gasteiger partial charge in [0.1, 0.15) is 12.3 Å². The normalized spacial score (nSPS) is 16.5. The Hall–Kier alpha value is -2.28. The lowest BCUT2D eigenvalue weighted by atomic mass is 10.2. The summed E-state index contributed by atoms with van der Waals surface area (Å²) >= 11 is 0. The molecule has 0 unspecified atom stereocenters. The van der Waals surface area contributed by atoms with Crippen LogP contribution in [-0.4, -0.2) is 73.1 Å². The molecule has 1 aliphatic rings. The second kappa shape index (κ2) is 9.27. The number of nitrogens with zero attached hydrogens (tertiary/aromatic N) is 3. The highest BCUT2D eigenvalue weighted by Crippen LogP contribution is 2.16. The third-order valence-corrected chi connectivity index (χ3v) is 4.06. The van der Waals surface area contributed by atoms with Crippen molar-refractivity contribution in [3.05, 3.63) is 36.8 Å². The lowest BCUT2D eigenvalue weighted by Gasteiger charge is -2.29. The molecule has 0 aromatic carbocycles. The van der Waals surface area contributed by atoms with Gasteiger partial charge in [0, 0.05) is 33.8 Å². The Labute approximate surface area is 148 Å². The van der Waals surface area contributed by atoms with Gasteiger partial charge in [0.2, 0.25) is 5.91 Å². The Bertz CT molecular complexity index is 565. The summed E-state index contributed by atoms with van der Waals surface area (Å²) in [5, 5.41) is 0. The summed E-state index contributed by atoms with van der Waals surface area (Å²) in [6.45, 7) is 5.57. The summed E-state index contributed by atoms with van der Waals surface area (Å²) in [7, 11) is 3.33. The molecule has 7 nitrogen and oxygen atoms in total. The van der Waals surface area contributed by atoms with E-state index in [4.69, 9.17) is 9.15 Å². The highest BCUT2D eigenvalue weighted by molar-refractivity contribution is 5.84. The van der Waals surface area contributed by atoms with Crippen LogP contribution >= 0.6 is 0 Å². The van der Waals surface area contributed by atoms with Gasteiger partial charge in [-0.05, 0) is 25.0 Å². The molecule has 0 N–H and O–H groups in total. The number of carbonyl (C=O) groups is 2. The number of rotatable bonds is 8. The third-order valence-electron chi connectivity index (χ3n) is 4.06. The molecule has 2 heterocycles. The van der Waals surface area contributed by atoms with E-state index in [0.717, 1.165) is 19.4 Å². The molecule has 0 radical (unpaired) electrons. The number of hydrogen-bond donors (Lipinski definition) is 0. The number of urea groups is 1. The van der Waals surface area contributed by atoms with Crippen molar-refractivity contribution in [2.45, 2.75) is 25.5 Å². The minimum absolute atomic E-state index is 0.00351. The zero-order chi connectivity index (χ0) is 18.2. The number of hydrogen-bond acceptors (Lipinski definition) is 4. The molecule has 1 aliphatic heterocycles. The van der Waals surface area contributed by atoms with Crippen molar-refractivity contribution < 1.29 is 18.7 Å². The maximum absolute atomic E-state index is 12.9. The Balaban J connectivity index is 2.06. The molecule has 1 aromatic heterocycles. The number of carbonyl (C=O) groups excluding carboxylic acids is 2. The fourth-order valence-corrected chi connectivity index (χ4v) is 2.79. The second-order valence-corrected chi connectivity index (χ2v) is 6.33. The maximum atomic E-state index is 12.9. The predicted molar refractivity (Wildman–Crippen MR) is 94.0 cm³/mol. The van der Waals surface area contributed by atoms with E-state index in [1.165, 1.54) is 9.80 Å². The lowest BCUT2D eigenvalue weighted by Crippen LogP contribution is -2.47. The molecule has 138 valence electrons. The predicted octanol–water partition coefficient (Wildman–Crippen LogP) is 1.96. The highest BCUT2D eigenvalue weighted by Gasteiger charge is 2.26. The van der Waals surface area contributed by atoms with E-state index in [2.05, 4.69) is 6.58 Å². The maximum Gasteiger partial charge on any atom is 0.320 e. The van der Waals surface area contributed by atoms with E-state index >= 15 is 0 Å². The van der Waals surface area contributed by atoms with Gasteiger partial charge in [-0.25, -0.2) is 4.79 Å². The topological polar surface area (TPSA) is 66.2 Å². The summed E-state index contributed by atoms with van der Waals surface area (Å²) in [6, 6.07) is 3.41. The van der Waals surface area contributed by atoms with Gasteiger partial charge in [-0.2, -0.15) is 0 Å². The van der Waals surface area contributed by atoms with Crippen LogP contribution in [0.1, 0.15) is 18.6 Å². The van der Waals surface area contributed by atoms with Gasteiger partial charge in [-0.1, -0.05) is 6.08 Å². The van der Waals surface area contributed by atoms with E-state index < -0.39 is 0 Å². The Morgan fingerprint density at radius 2 is 2.16 bits per heavy atom. The average molecular weight is 349 g/mol. The summed E-state index contributed by atoms with van der Waals surface area (Å²) in [4.78, 5) is 29.7. The van der Waals surface area contributed by atoms with E-state index in [-0.39, 0.29) is 24.6 Å². The van der Waals surface area contributed by atoms with Crippen LogP contribution in [0.25, 0.3) is 0 Å². The molecule has 25 heavy (non-hydrogen) atoms. The molecular formula is C18H27N3O4. The minimum atomic E-state index is -0.219. The van der Waals surface area contributed by atoms with Crippen LogP contribution in [0.15, 0.2) is 35.5 Å². The summed E-state index contributed by atoms with van der Waals surface area (Å²) < 4.78 is 11.0. The third kappa shape index (κ3) is 5.63. The van der Waals surface area contributed by atoms with Gasteiger partial charge in [0.15, 0.2) is 0 Å². The number of furan rings is 1. The lowest BCUT2D eigenvalue weighted by molar-refractivity contribution is -0.134. The zero-order valence-electron chi connectivity index (χ0n) is 15.0. The van der Waals surface area contributed by atoms with Crippen molar-refractivity contribution in [3.63, 3.8) is 0 Å². The van der Waals surface area contributed by atoms with Crippen LogP contribution in [0, 0.1) is 0 Å². The summed E-state index contributed by atoms with van der Waals surface area (Å²) in [5.41, 5.74) is 0. The van der Waals surface area contributed by atoms with Gasteiger partial charge in [0.25, 0.3) is 0 Å². The fraction of sp³-hybridized carbons (Fsp3) is 0.556. The first-order chi connectivity index (χ1) is 12.0. The molecule has 0 saturated carbocycles. The smallest absolute Gasteiger partial charge is 0.320 e. The number of amides is 3. The minimum Gasteiger partial charge on any atom is -0.467 e. The van der Waals surface area contributed by atoms with Crippen molar-refractivity contribution in [1.82, 2.24) is 14.7 Å². The largest absolute Gasteiger partial charge is 0.467 e. The fourth-order valence-electron chi connectivity index (χ4n) is 2.79. The molecular weight excluding hydrogens is 322 g/mol. The zero-order valence-corrected chi connectivity index (χ0v) is 15.0. The van der Waals surface area contributed by atoms with Crippen molar-refractivity contribution in [3.8, 4) is 0 Å². The van der Waals surface area contributed by atoms with Crippen molar-refractivity contribution in [2.75, 3.05) is 40.3 Å². The van der Waals surface area contributed by atoms with Crippen molar-refractivity contribution >= 4 is 11.9 Å². The molecule has 1 aromatic rings. The molecule has 1 atom stereocenters. The standard InChI is InChI=1S/C18H27N3O4/c1-4-9-20(18(23)19(2)3)14-17(22)21(12-15-7-5-10-24-15)13-16-8-6-11-25-16/h4-5,7,10,16H,1,6,8-9,11-14H2,2-3H3/t16-/m1/s1. The first-order valence-corrected chi connectivity index (χ1v) is 8.50. The summed E-state index contributed by atoms with van der Waals surface area (Å²) in [6.07, 6.45) is 5.19. The molecule has 0 spiro atoms. The Kier molecular flexibility index (Phi) is 7.06. The van der Waals surface area contributed by atoms with Crippen LogP contribution in [0.5, 0.6) is 0 Å². The molecule has 0 aliphatic carbocycles. The first kappa shape index (κ1) is 19.1. The molecule has 1 fully saturated rings. The Morgan fingerprint density at radius 1 is 1.36 bits per heavy atom. The molecule has 0 bridgehead atoms. The molecule has 7 heteroatoms. The number of ether oxygens (including phenoxy) is 1. The molecule has 1 saturated heterocycles. The monoisotopic (exact) mass is 349 g/mol. The van der Waals surface area contributed by atoms with Gasteiger partial charge in [0.05, 0.1) is 18.9 Å². The van der Waals surface area contributed by atoms with Gasteiger partial charge >= 0.3 is 6.03 Å². The van der Waals surface area contributed by atoms with Gasteiger partial charge in [-0.3, -0.25) is 4.79 Å². The van der Waals surface area contributed by atoms with Crippen molar-refractivity contribution in [1.29, 1.82) is 0 Å². The SMILES string of the molecule is C=CCN(CC(=O)N(Cc1ccco1)C[C@H]1CCCO1)C(=O)N(C)C. The van der Waals surface area contributed by atoms with Crippen LogP contribution in [0.3, 0.4) is 0 Å². The van der Waals surface area contributed by atoms with Crippen molar-refractivity contribution in [2.24, 2.45) is 0 Å². The van der Waals surface area contributed by atoms with E-state index in [1.54, 1.807) is 37.4 Å². The molecule has 3 amide bonds. The van der Waals surface area contributed by atoms with Crippen LogP contribution in [0.4, 0.5) is 4.79 Å². The van der Waals surface area contributed by atoms with Crippen LogP contribution in [0.2, 0.25) is 0 Å².